The van der Waals surface area contributed by atoms with Gasteiger partial charge in [-0.25, -0.2) is 0 Å². The van der Waals surface area contributed by atoms with Gasteiger partial charge in [-0.3, -0.25) is 20.2 Å². The summed E-state index contributed by atoms with van der Waals surface area (Å²) < 4.78 is 24.7. The predicted molar refractivity (Wildman–Crippen MR) is 130 cm³/mol. The molecule has 3 heterocycles. The Balaban J connectivity index is 1.31. The normalized spacial score (nSPS) is 28.2. The minimum atomic E-state index is -0.707. The molecular formula is C26H23N3O8. The molecule has 37 heavy (non-hydrogen) atoms. The van der Waals surface area contributed by atoms with Crippen molar-refractivity contribution in [2.75, 3.05) is 11.5 Å². The number of nitrogens with zero attached hydrogens (tertiary/aromatic N) is 3. The highest BCUT2D eigenvalue weighted by molar-refractivity contribution is 5.72. The van der Waals surface area contributed by atoms with Crippen LogP contribution in [0.2, 0.25) is 0 Å². The average Bonchev–Trinajstić information content (AvgIpc) is 3.68. The quantitative estimate of drug-likeness (QED) is 0.265. The fourth-order valence-electron chi connectivity index (χ4n) is 5.12. The third-order valence-corrected chi connectivity index (χ3v) is 6.86. The molecule has 0 aliphatic carbocycles. The first-order valence-electron chi connectivity index (χ1n) is 11.9. The number of hydrogen-bond acceptors (Lipinski definition) is 9. The molecule has 6 rings (SSSR count). The predicted octanol–water partition coefficient (Wildman–Crippen LogP) is 4.12. The molecule has 3 fully saturated rings. The van der Waals surface area contributed by atoms with Crippen LogP contribution in [0.5, 0.6) is 0 Å². The second kappa shape index (κ2) is 9.52. The maximum Gasteiger partial charge on any atom is 0.299 e. The average molecular weight is 505 g/mol. The number of fused-ring (bicyclic) bond motifs is 3. The van der Waals surface area contributed by atoms with E-state index < -0.39 is 34.6 Å². The van der Waals surface area contributed by atoms with E-state index in [4.69, 9.17) is 18.9 Å². The minimum absolute atomic E-state index is 0.259. The lowest BCUT2D eigenvalue weighted by atomic mass is 10.0. The minimum Gasteiger partial charge on any atom is -0.348 e. The van der Waals surface area contributed by atoms with Gasteiger partial charge < -0.3 is 23.8 Å². The summed E-state index contributed by atoms with van der Waals surface area (Å²) in [6, 6.07) is 22.1. The monoisotopic (exact) mass is 505 g/mol. The van der Waals surface area contributed by atoms with Gasteiger partial charge in [0, 0.05) is 11.6 Å². The van der Waals surface area contributed by atoms with Crippen molar-refractivity contribution in [2.45, 2.75) is 43.5 Å². The standard InChI is InChI=1S/C26H23N3O8/c30-28(31)18-11-12-19(20(13-18)29(32)33)27-22-23(27)26(34-14-16-7-3-1-4-8-16)36-21-15-35-25(37-24(21)22)17-9-5-2-6-10-17/h1-13,21-26H,14-15H2/t21-,22+,23-,24-,25-,26+,27?/m1/s1. The summed E-state index contributed by atoms with van der Waals surface area (Å²) in [6.07, 6.45) is -2.22. The van der Waals surface area contributed by atoms with Gasteiger partial charge in [-0.2, -0.15) is 0 Å². The van der Waals surface area contributed by atoms with Crippen molar-refractivity contribution in [1.82, 2.24) is 0 Å². The molecular weight excluding hydrogens is 482 g/mol. The molecule has 0 saturated carbocycles. The van der Waals surface area contributed by atoms with Gasteiger partial charge in [-0.05, 0) is 11.6 Å². The maximum absolute atomic E-state index is 11.9. The second-order valence-electron chi connectivity index (χ2n) is 9.09. The highest BCUT2D eigenvalue weighted by Gasteiger charge is 2.66. The number of ether oxygens (including phenoxy) is 4. The summed E-state index contributed by atoms with van der Waals surface area (Å²) >= 11 is 0. The molecule has 0 N–H and O–H groups in total. The molecule has 190 valence electrons. The SMILES string of the molecule is O=[N+]([O-])c1ccc(N2[C@@H]3[C@@H]4O[C@H](c5ccccc5)OC[C@H]4O[C@H](OCc4ccccc4)[C@@H]32)c([N+](=O)[O-])c1. The van der Waals surface area contributed by atoms with Crippen molar-refractivity contribution < 1.29 is 28.8 Å². The Hall–Kier alpha value is -3.90. The van der Waals surface area contributed by atoms with Crippen LogP contribution in [-0.4, -0.2) is 47.0 Å². The van der Waals surface area contributed by atoms with Gasteiger partial charge in [-0.1, -0.05) is 60.7 Å². The molecule has 0 unspecified atom stereocenters. The van der Waals surface area contributed by atoms with Crippen molar-refractivity contribution in [1.29, 1.82) is 0 Å². The smallest absolute Gasteiger partial charge is 0.299 e. The summed E-state index contributed by atoms with van der Waals surface area (Å²) in [4.78, 5) is 23.7. The van der Waals surface area contributed by atoms with E-state index in [1.165, 1.54) is 12.1 Å². The van der Waals surface area contributed by atoms with Crippen LogP contribution in [0.25, 0.3) is 0 Å². The molecule has 11 heteroatoms. The van der Waals surface area contributed by atoms with E-state index >= 15 is 0 Å². The molecule has 0 aromatic heterocycles. The number of hydrogen-bond donors (Lipinski definition) is 0. The van der Waals surface area contributed by atoms with Crippen LogP contribution in [-0.2, 0) is 25.6 Å². The lowest BCUT2D eigenvalue weighted by Gasteiger charge is -2.40. The first-order chi connectivity index (χ1) is 18.0. The molecule has 6 atom stereocenters. The van der Waals surface area contributed by atoms with E-state index in [1.807, 2.05) is 65.6 Å². The molecule has 11 nitrogen and oxygen atoms in total. The zero-order valence-corrected chi connectivity index (χ0v) is 19.5. The molecule has 3 saturated heterocycles. The summed E-state index contributed by atoms with van der Waals surface area (Å²) in [5.74, 6) is 0. The Labute approximate surface area is 211 Å². The zero-order valence-electron chi connectivity index (χ0n) is 19.5. The highest BCUT2D eigenvalue weighted by Crippen LogP contribution is 2.51. The Kier molecular flexibility index (Phi) is 6.05. The number of nitro groups is 2. The van der Waals surface area contributed by atoms with Crippen molar-refractivity contribution in [2.24, 2.45) is 0 Å². The van der Waals surface area contributed by atoms with Crippen molar-refractivity contribution in [3.8, 4) is 0 Å². The molecule has 3 aromatic carbocycles. The Morgan fingerprint density at radius 3 is 2.32 bits per heavy atom. The molecule has 3 aliphatic heterocycles. The van der Waals surface area contributed by atoms with Crippen LogP contribution in [0, 0.1) is 20.2 Å². The molecule has 0 bridgehead atoms. The van der Waals surface area contributed by atoms with Gasteiger partial charge in [0.05, 0.1) is 35.2 Å². The van der Waals surface area contributed by atoms with Crippen LogP contribution in [0.4, 0.5) is 17.1 Å². The van der Waals surface area contributed by atoms with Crippen LogP contribution in [0.15, 0.2) is 78.9 Å². The summed E-state index contributed by atoms with van der Waals surface area (Å²) in [6.45, 7) is 0.547. The topological polar surface area (TPSA) is 126 Å². The molecule has 0 radical (unpaired) electrons. The summed E-state index contributed by atoms with van der Waals surface area (Å²) in [5, 5.41) is 23.1. The Morgan fingerprint density at radius 1 is 0.892 bits per heavy atom. The van der Waals surface area contributed by atoms with Crippen molar-refractivity contribution in [3.63, 3.8) is 0 Å². The molecule has 3 aliphatic rings. The number of nitro benzene ring substituents is 2. The Morgan fingerprint density at radius 2 is 1.62 bits per heavy atom. The molecule has 0 spiro atoms. The third-order valence-electron chi connectivity index (χ3n) is 6.86. The lowest BCUT2D eigenvalue weighted by molar-refractivity contribution is -0.393. The summed E-state index contributed by atoms with van der Waals surface area (Å²) in [5.41, 5.74) is 1.37. The maximum atomic E-state index is 11.9. The van der Waals surface area contributed by atoms with E-state index in [1.54, 1.807) is 0 Å². The van der Waals surface area contributed by atoms with Gasteiger partial charge in [-0.15, -0.1) is 0 Å². The number of rotatable bonds is 7. The van der Waals surface area contributed by atoms with Crippen molar-refractivity contribution in [3.05, 3.63) is 110 Å². The van der Waals surface area contributed by atoms with Gasteiger partial charge in [0.15, 0.2) is 12.6 Å². The second-order valence-corrected chi connectivity index (χ2v) is 9.09. The fourth-order valence-corrected chi connectivity index (χ4v) is 5.12. The third kappa shape index (κ3) is 4.42. The van der Waals surface area contributed by atoms with Crippen LogP contribution < -0.4 is 4.90 Å². The molecule has 0 amide bonds. The van der Waals surface area contributed by atoms with Crippen LogP contribution in [0.1, 0.15) is 17.4 Å². The summed E-state index contributed by atoms with van der Waals surface area (Å²) in [7, 11) is 0. The zero-order chi connectivity index (χ0) is 25.5. The van der Waals surface area contributed by atoms with Gasteiger partial charge >= 0.3 is 0 Å². The van der Waals surface area contributed by atoms with Crippen LogP contribution in [0.3, 0.4) is 0 Å². The molecule has 3 aromatic rings. The van der Waals surface area contributed by atoms with E-state index in [-0.39, 0.29) is 42.4 Å². The number of anilines is 1. The lowest BCUT2D eigenvalue weighted by Crippen LogP contribution is -2.52. The van der Waals surface area contributed by atoms with E-state index in [2.05, 4.69) is 0 Å². The number of non-ortho nitro benzene ring substituents is 1. The van der Waals surface area contributed by atoms with E-state index in [0.29, 0.717) is 0 Å². The fraction of sp³-hybridized carbons (Fsp3) is 0.308. The van der Waals surface area contributed by atoms with Gasteiger partial charge in [0.2, 0.25) is 0 Å². The first-order valence-corrected chi connectivity index (χ1v) is 11.9. The number of benzene rings is 3. The Bertz CT molecular complexity index is 1310. The van der Waals surface area contributed by atoms with E-state index in [0.717, 1.165) is 17.2 Å². The van der Waals surface area contributed by atoms with Gasteiger partial charge in [0.25, 0.3) is 11.4 Å². The van der Waals surface area contributed by atoms with Gasteiger partial charge in [0.1, 0.15) is 23.9 Å². The van der Waals surface area contributed by atoms with Crippen molar-refractivity contribution >= 4 is 17.1 Å². The van der Waals surface area contributed by atoms with E-state index in [9.17, 15) is 20.2 Å². The largest absolute Gasteiger partial charge is 0.348 e. The first kappa shape index (κ1) is 23.5. The highest BCUT2D eigenvalue weighted by atomic mass is 16.7. The van der Waals surface area contributed by atoms with Crippen LogP contribution >= 0.6 is 0 Å².